The minimum absolute atomic E-state index is 0.0768. The van der Waals surface area contributed by atoms with Crippen LogP contribution in [0.2, 0.25) is 0 Å². The maximum Gasteiger partial charge on any atom is 0.0645 e. The van der Waals surface area contributed by atoms with Gasteiger partial charge in [0.05, 0.1) is 6.61 Å². The van der Waals surface area contributed by atoms with Gasteiger partial charge in [-0.05, 0) is 39.0 Å². The lowest BCUT2D eigenvalue weighted by Gasteiger charge is -2.43. The van der Waals surface area contributed by atoms with E-state index < -0.39 is 0 Å². The highest BCUT2D eigenvalue weighted by molar-refractivity contribution is 4.95. The van der Waals surface area contributed by atoms with Crippen LogP contribution in [-0.2, 0) is 4.74 Å². The average molecular weight is 228 g/mol. The Balaban J connectivity index is 2.50. The lowest BCUT2D eigenvalue weighted by Crippen LogP contribution is -2.57. The first-order valence-electron chi connectivity index (χ1n) is 6.28. The molecule has 0 saturated carbocycles. The van der Waals surface area contributed by atoms with Crippen LogP contribution in [0.1, 0.15) is 47.5 Å². The minimum Gasteiger partial charge on any atom is -0.380 e. The van der Waals surface area contributed by atoms with Gasteiger partial charge in [-0.3, -0.25) is 0 Å². The monoisotopic (exact) mass is 228 g/mol. The van der Waals surface area contributed by atoms with E-state index in [9.17, 15) is 0 Å². The summed E-state index contributed by atoms with van der Waals surface area (Å²) in [4.78, 5) is 0. The van der Waals surface area contributed by atoms with Crippen LogP contribution in [0.3, 0.4) is 0 Å². The van der Waals surface area contributed by atoms with Crippen molar-refractivity contribution in [2.45, 2.75) is 58.5 Å². The summed E-state index contributed by atoms with van der Waals surface area (Å²) in [5, 5.41) is 3.64. The fourth-order valence-electron chi connectivity index (χ4n) is 1.74. The van der Waals surface area contributed by atoms with E-state index in [-0.39, 0.29) is 16.5 Å². The molecule has 1 aliphatic heterocycles. The van der Waals surface area contributed by atoms with Crippen molar-refractivity contribution < 1.29 is 4.74 Å². The van der Waals surface area contributed by atoms with Gasteiger partial charge in [0, 0.05) is 24.2 Å². The molecule has 1 unspecified atom stereocenters. The molecule has 3 nitrogen and oxygen atoms in total. The molecule has 96 valence electrons. The van der Waals surface area contributed by atoms with Crippen LogP contribution in [0.5, 0.6) is 0 Å². The van der Waals surface area contributed by atoms with E-state index in [1.807, 2.05) is 0 Å². The SMILES string of the molecule is CC1(NCC(C)(C)C(C)(C)N)CCCOC1. The minimum atomic E-state index is -0.175. The Bertz CT molecular complexity index is 225. The van der Waals surface area contributed by atoms with Crippen LogP contribution >= 0.6 is 0 Å². The summed E-state index contributed by atoms with van der Waals surface area (Å²) >= 11 is 0. The van der Waals surface area contributed by atoms with E-state index >= 15 is 0 Å². The summed E-state index contributed by atoms with van der Waals surface area (Å²) < 4.78 is 5.54. The van der Waals surface area contributed by atoms with Crippen molar-refractivity contribution in [3.05, 3.63) is 0 Å². The van der Waals surface area contributed by atoms with E-state index in [2.05, 4.69) is 39.9 Å². The Kier molecular flexibility index (Phi) is 4.04. The first-order chi connectivity index (χ1) is 7.16. The molecule has 0 amide bonds. The van der Waals surface area contributed by atoms with Crippen molar-refractivity contribution in [2.75, 3.05) is 19.8 Å². The number of rotatable bonds is 4. The topological polar surface area (TPSA) is 47.3 Å². The number of hydrogen-bond acceptors (Lipinski definition) is 3. The number of hydrogen-bond donors (Lipinski definition) is 2. The van der Waals surface area contributed by atoms with Gasteiger partial charge in [0.2, 0.25) is 0 Å². The van der Waals surface area contributed by atoms with Crippen molar-refractivity contribution in [3.63, 3.8) is 0 Å². The summed E-state index contributed by atoms with van der Waals surface area (Å²) in [5.41, 5.74) is 6.23. The second-order valence-electron chi connectivity index (χ2n) is 6.68. The number of ether oxygens (including phenoxy) is 1. The molecule has 0 aliphatic carbocycles. The van der Waals surface area contributed by atoms with E-state index in [0.29, 0.717) is 0 Å². The van der Waals surface area contributed by atoms with Gasteiger partial charge in [-0.1, -0.05) is 13.8 Å². The van der Waals surface area contributed by atoms with Gasteiger partial charge in [0.25, 0.3) is 0 Å². The zero-order chi connectivity index (χ0) is 12.4. The smallest absolute Gasteiger partial charge is 0.0645 e. The van der Waals surface area contributed by atoms with Crippen LogP contribution in [0, 0.1) is 5.41 Å². The van der Waals surface area contributed by atoms with Crippen molar-refractivity contribution in [2.24, 2.45) is 11.1 Å². The van der Waals surface area contributed by atoms with Gasteiger partial charge in [0.1, 0.15) is 0 Å². The maximum atomic E-state index is 6.20. The molecule has 1 atom stereocenters. The molecular weight excluding hydrogens is 200 g/mol. The zero-order valence-electron chi connectivity index (χ0n) is 11.5. The third-order valence-electron chi connectivity index (χ3n) is 4.14. The lowest BCUT2D eigenvalue weighted by molar-refractivity contribution is 0.0207. The van der Waals surface area contributed by atoms with Gasteiger partial charge in [0.15, 0.2) is 0 Å². The van der Waals surface area contributed by atoms with Gasteiger partial charge in [-0.15, -0.1) is 0 Å². The fourth-order valence-corrected chi connectivity index (χ4v) is 1.74. The molecular formula is C13H28N2O. The van der Waals surface area contributed by atoms with Gasteiger partial charge >= 0.3 is 0 Å². The molecule has 0 aromatic heterocycles. The Labute approximate surface area is 100 Å². The van der Waals surface area contributed by atoms with Crippen LogP contribution < -0.4 is 11.1 Å². The predicted molar refractivity (Wildman–Crippen MR) is 68.5 cm³/mol. The fraction of sp³-hybridized carbons (Fsp3) is 1.00. The van der Waals surface area contributed by atoms with E-state index in [4.69, 9.17) is 10.5 Å². The Hall–Kier alpha value is -0.120. The highest BCUT2D eigenvalue weighted by Crippen LogP contribution is 2.29. The molecule has 0 radical (unpaired) electrons. The van der Waals surface area contributed by atoms with E-state index in [0.717, 1.165) is 26.2 Å². The third-order valence-corrected chi connectivity index (χ3v) is 4.14. The van der Waals surface area contributed by atoms with Crippen LogP contribution in [-0.4, -0.2) is 30.8 Å². The molecule has 3 N–H and O–H groups in total. The molecule has 16 heavy (non-hydrogen) atoms. The molecule has 1 heterocycles. The quantitative estimate of drug-likeness (QED) is 0.772. The summed E-state index contributed by atoms with van der Waals surface area (Å²) in [6, 6.07) is 0. The molecule has 1 fully saturated rings. The third kappa shape index (κ3) is 3.44. The molecule has 1 rings (SSSR count). The molecule has 1 saturated heterocycles. The summed E-state index contributed by atoms with van der Waals surface area (Å²) in [7, 11) is 0. The molecule has 0 aromatic rings. The largest absolute Gasteiger partial charge is 0.380 e. The van der Waals surface area contributed by atoms with Gasteiger partial charge in [-0.25, -0.2) is 0 Å². The molecule has 0 spiro atoms. The summed E-state index contributed by atoms with van der Waals surface area (Å²) in [6.07, 6.45) is 2.34. The Morgan fingerprint density at radius 3 is 2.38 bits per heavy atom. The average Bonchev–Trinajstić information content (AvgIpc) is 2.15. The normalized spacial score (nSPS) is 28.1. The summed E-state index contributed by atoms with van der Waals surface area (Å²) in [5.74, 6) is 0. The molecule has 0 aromatic carbocycles. The second kappa shape index (κ2) is 4.63. The molecule has 0 bridgehead atoms. The van der Waals surface area contributed by atoms with Gasteiger partial charge < -0.3 is 15.8 Å². The highest BCUT2D eigenvalue weighted by Gasteiger charge is 2.36. The lowest BCUT2D eigenvalue weighted by atomic mass is 9.74. The molecule has 1 aliphatic rings. The van der Waals surface area contributed by atoms with E-state index in [1.165, 1.54) is 6.42 Å². The van der Waals surface area contributed by atoms with Crippen molar-refractivity contribution in [1.82, 2.24) is 5.32 Å². The maximum absolute atomic E-state index is 6.20. The first-order valence-corrected chi connectivity index (χ1v) is 6.28. The van der Waals surface area contributed by atoms with Gasteiger partial charge in [-0.2, -0.15) is 0 Å². The Morgan fingerprint density at radius 1 is 1.31 bits per heavy atom. The summed E-state index contributed by atoms with van der Waals surface area (Å²) in [6.45, 7) is 13.5. The number of nitrogens with one attached hydrogen (secondary N) is 1. The van der Waals surface area contributed by atoms with E-state index in [1.54, 1.807) is 0 Å². The standard InChI is InChI=1S/C13H28N2O/c1-11(2,12(3,4)14)9-15-13(5)7-6-8-16-10-13/h15H,6-10,14H2,1-5H3. The highest BCUT2D eigenvalue weighted by atomic mass is 16.5. The van der Waals surface area contributed by atoms with Crippen molar-refractivity contribution >= 4 is 0 Å². The molecule has 3 heteroatoms. The zero-order valence-corrected chi connectivity index (χ0v) is 11.5. The van der Waals surface area contributed by atoms with Crippen molar-refractivity contribution in [1.29, 1.82) is 0 Å². The second-order valence-corrected chi connectivity index (χ2v) is 6.68. The number of nitrogens with two attached hydrogens (primary N) is 1. The predicted octanol–water partition coefficient (Wildman–Crippen LogP) is 1.91. The van der Waals surface area contributed by atoms with Crippen molar-refractivity contribution in [3.8, 4) is 0 Å². The Morgan fingerprint density at radius 2 is 1.94 bits per heavy atom. The van der Waals surface area contributed by atoms with Crippen LogP contribution in [0.4, 0.5) is 0 Å². The first kappa shape index (κ1) is 13.9. The van der Waals surface area contributed by atoms with Crippen LogP contribution in [0.15, 0.2) is 0 Å². The van der Waals surface area contributed by atoms with Crippen LogP contribution in [0.25, 0.3) is 0 Å².